The zero-order valence-corrected chi connectivity index (χ0v) is 18.0. The van der Waals surface area contributed by atoms with Crippen molar-refractivity contribution in [2.75, 3.05) is 30.9 Å². The van der Waals surface area contributed by atoms with Crippen LogP contribution in [0.4, 0.5) is 11.8 Å². The molecule has 2 aliphatic heterocycles. The molecule has 1 amide bonds. The average molecular weight is 444 g/mol. The number of nitrogens with zero attached hydrogens (tertiary/aromatic N) is 3. The molecule has 2 atom stereocenters. The second kappa shape index (κ2) is 8.00. The normalized spacial score (nSPS) is 22.2. The van der Waals surface area contributed by atoms with E-state index in [1.807, 2.05) is 24.3 Å². The van der Waals surface area contributed by atoms with Crippen LogP contribution >= 0.6 is 0 Å². The Morgan fingerprint density at radius 1 is 1.18 bits per heavy atom. The van der Waals surface area contributed by atoms with Crippen LogP contribution in [0.15, 0.2) is 42.7 Å². The molecule has 0 radical (unpaired) electrons. The van der Waals surface area contributed by atoms with Gasteiger partial charge in [-0.2, -0.15) is 0 Å². The zero-order valence-electron chi connectivity index (χ0n) is 18.0. The lowest BCUT2D eigenvalue weighted by Gasteiger charge is -2.13. The summed E-state index contributed by atoms with van der Waals surface area (Å²) in [6, 6.07) is 9.72. The molecule has 6 rings (SSSR count). The van der Waals surface area contributed by atoms with E-state index in [9.17, 15) is 4.79 Å². The summed E-state index contributed by atoms with van der Waals surface area (Å²) in [5.74, 6) is 2.69. The molecule has 1 saturated heterocycles. The SMILES string of the molecule is Nc1nccc(-c2cnc(NCc3cccc(C(=O)NC4C5COCC54)c3)c3c2OCC3)n1. The predicted octanol–water partition coefficient (Wildman–Crippen LogP) is 2.04. The van der Waals surface area contributed by atoms with E-state index in [4.69, 9.17) is 15.2 Å². The summed E-state index contributed by atoms with van der Waals surface area (Å²) in [6.07, 6.45) is 4.13. The summed E-state index contributed by atoms with van der Waals surface area (Å²) in [4.78, 5) is 25.6. The van der Waals surface area contributed by atoms with Gasteiger partial charge in [0.2, 0.25) is 5.95 Å². The van der Waals surface area contributed by atoms with E-state index in [0.717, 1.165) is 47.9 Å². The lowest BCUT2D eigenvalue weighted by atomic mass is 10.1. The molecule has 4 N–H and O–H groups in total. The van der Waals surface area contributed by atoms with Crippen molar-refractivity contribution < 1.29 is 14.3 Å². The van der Waals surface area contributed by atoms with Crippen LogP contribution in [0.5, 0.6) is 5.75 Å². The fourth-order valence-electron chi connectivity index (χ4n) is 4.74. The topological polar surface area (TPSA) is 124 Å². The third-order valence-corrected chi connectivity index (χ3v) is 6.58. The molecule has 2 fully saturated rings. The number of nitrogens with one attached hydrogen (secondary N) is 2. The molecule has 4 heterocycles. The quantitative estimate of drug-likeness (QED) is 0.528. The summed E-state index contributed by atoms with van der Waals surface area (Å²) in [6.45, 7) is 2.64. The molecule has 33 heavy (non-hydrogen) atoms. The van der Waals surface area contributed by atoms with Gasteiger partial charge in [0.05, 0.1) is 31.1 Å². The summed E-state index contributed by atoms with van der Waals surface area (Å²) < 4.78 is 11.3. The van der Waals surface area contributed by atoms with Crippen LogP contribution in [0, 0.1) is 11.8 Å². The smallest absolute Gasteiger partial charge is 0.251 e. The minimum absolute atomic E-state index is 0.0304. The van der Waals surface area contributed by atoms with Gasteiger partial charge in [0.15, 0.2) is 0 Å². The van der Waals surface area contributed by atoms with Crippen molar-refractivity contribution in [2.45, 2.75) is 19.0 Å². The van der Waals surface area contributed by atoms with Crippen molar-refractivity contribution in [3.8, 4) is 17.0 Å². The first kappa shape index (κ1) is 19.9. The fraction of sp³-hybridized carbons (Fsp3) is 0.333. The van der Waals surface area contributed by atoms with E-state index < -0.39 is 0 Å². The maximum absolute atomic E-state index is 12.7. The van der Waals surface area contributed by atoms with E-state index in [2.05, 4.69) is 25.6 Å². The molecule has 0 bridgehead atoms. The Labute approximate surface area is 190 Å². The van der Waals surface area contributed by atoms with Gasteiger partial charge in [0, 0.05) is 54.4 Å². The van der Waals surface area contributed by atoms with Gasteiger partial charge in [-0.1, -0.05) is 12.1 Å². The Morgan fingerprint density at radius 3 is 2.91 bits per heavy atom. The summed E-state index contributed by atoms with van der Waals surface area (Å²) in [5.41, 5.74) is 9.91. The highest BCUT2D eigenvalue weighted by atomic mass is 16.5. The molecule has 2 aromatic heterocycles. The van der Waals surface area contributed by atoms with E-state index in [1.165, 1.54) is 0 Å². The summed E-state index contributed by atoms with van der Waals surface area (Å²) in [7, 11) is 0. The van der Waals surface area contributed by atoms with Gasteiger partial charge in [0.1, 0.15) is 11.6 Å². The van der Waals surface area contributed by atoms with Crippen LogP contribution in [0.3, 0.4) is 0 Å². The number of aromatic nitrogens is 3. The number of benzene rings is 1. The van der Waals surface area contributed by atoms with Gasteiger partial charge in [-0.3, -0.25) is 4.79 Å². The van der Waals surface area contributed by atoms with Gasteiger partial charge in [0.25, 0.3) is 5.91 Å². The Hall–Kier alpha value is -3.72. The number of hydrogen-bond donors (Lipinski definition) is 3. The summed E-state index contributed by atoms with van der Waals surface area (Å²) in [5, 5.41) is 6.55. The number of fused-ring (bicyclic) bond motifs is 2. The van der Waals surface area contributed by atoms with Crippen LogP contribution in [-0.4, -0.2) is 46.7 Å². The van der Waals surface area contributed by atoms with E-state index in [0.29, 0.717) is 36.2 Å². The van der Waals surface area contributed by atoms with E-state index >= 15 is 0 Å². The predicted molar refractivity (Wildman–Crippen MR) is 122 cm³/mol. The molecule has 1 aromatic carbocycles. The summed E-state index contributed by atoms with van der Waals surface area (Å²) >= 11 is 0. The molecule has 1 aliphatic carbocycles. The first-order chi connectivity index (χ1) is 16.2. The first-order valence-corrected chi connectivity index (χ1v) is 11.1. The number of nitrogens with two attached hydrogens (primary N) is 1. The minimum Gasteiger partial charge on any atom is -0.492 e. The largest absolute Gasteiger partial charge is 0.492 e. The van der Waals surface area contributed by atoms with Crippen LogP contribution in [0.1, 0.15) is 21.5 Å². The highest BCUT2D eigenvalue weighted by molar-refractivity contribution is 5.94. The van der Waals surface area contributed by atoms with Crippen molar-refractivity contribution in [1.82, 2.24) is 20.3 Å². The Kier molecular flexibility index (Phi) is 4.83. The van der Waals surface area contributed by atoms with Crippen molar-refractivity contribution in [3.63, 3.8) is 0 Å². The monoisotopic (exact) mass is 444 g/mol. The Morgan fingerprint density at radius 2 is 2.06 bits per heavy atom. The van der Waals surface area contributed by atoms with Gasteiger partial charge in [-0.25, -0.2) is 15.0 Å². The van der Waals surface area contributed by atoms with Gasteiger partial charge in [-0.05, 0) is 23.8 Å². The minimum atomic E-state index is -0.0304. The lowest BCUT2D eigenvalue weighted by Crippen LogP contribution is -2.29. The molecule has 168 valence electrons. The van der Waals surface area contributed by atoms with Crippen LogP contribution in [-0.2, 0) is 17.7 Å². The number of amides is 1. The third kappa shape index (κ3) is 3.74. The number of anilines is 2. The van der Waals surface area contributed by atoms with Crippen molar-refractivity contribution in [1.29, 1.82) is 0 Å². The van der Waals surface area contributed by atoms with Crippen molar-refractivity contribution in [2.24, 2.45) is 11.8 Å². The van der Waals surface area contributed by atoms with E-state index in [-0.39, 0.29) is 17.9 Å². The standard InChI is InChI=1S/C24H24N6O3/c25-24-26-6-4-19(29-24)16-10-28-22(15-5-7-33-21(15)16)27-9-13-2-1-3-14(8-13)23(31)30-20-17-11-32-12-18(17)20/h1-4,6,8,10,17-18,20H,5,7,9,11-12H2,(H,27,28)(H,30,31)(H2,25,26,29). The second-order valence-corrected chi connectivity index (χ2v) is 8.65. The number of pyridine rings is 1. The van der Waals surface area contributed by atoms with E-state index in [1.54, 1.807) is 18.5 Å². The number of rotatable bonds is 6. The molecule has 9 nitrogen and oxygen atoms in total. The molecule has 2 unspecified atom stereocenters. The molecule has 3 aliphatic rings. The third-order valence-electron chi connectivity index (χ3n) is 6.58. The highest BCUT2D eigenvalue weighted by Gasteiger charge is 2.54. The molecular formula is C24H24N6O3. The highest BCUT2D eigenvalue weighted by Crippen LogP contribution is 2.44. The van der Waals surface area contributed by atoms with Crippen LogP contribution in [0.2, 0.25) is 0 Å². The maximum Gasteiger partial charge on any atom is 0.251 e. The fourth-order valence-corrected chi connectivity index (χ4v) is 4.74. The van der Waals surface area contributed by atoms with Gasteiger partial charge >= 0.3 is 0 Å². The number of carbonyl (C=O) groups is 1. The number of carbonyl (C=O) groups excluding carboxylic acids is 1. The molecule has 0 spiro atoms. The van der Waals surface area contributed by atoms with Crippen molar-refractivity contribution >= 4 is 17.7 Å². The molecular weight excluding hydrogens is 420 g/mol. The van der Waals surface area contributed by atoms with Gasteiger partial charge in [-0.15, -0.1) is 0 Å². The number of hydrogen-bond acceptors (Lipinski definition) is 8. The first-order valence-electron chi connectivity index (χ1n) is 11.1. The Bertz CT molecular complexity index is 1220. The number of nitrogen functional groups attached to an aromatic ring is 1. The molecule has 1 saturated carbocycles. The Balaban J connectivity index is 1.16. The maximum atomic E-state index is 12.7. The van der Waals surface area contributed by atoms with Crippen LogP contribution in [0.25, 0.3) is 11.3 Å². The lowest BCUT2D eigenvalue weighted by molar-refractivity contribution is 0.0929. The van der Waals surface area contributed by atoms with Gasteiger partial charge < -0.3 is 25.8 Å². The average Bonchev–Trinajstić information content (AvgIpc) is 3.22. The van der Waals surface area contributed by atoms with Crippen LogP contribution < -0.4 is 21.1 Å². The second-order valence-electron chi connectivity index (χ2n) is 8.65. The number of ether oxygens (including phenoxy) is 2. The van der Waals surface area contributed by atoms with Crippen molar-refractivity contribution in [3.05, 3.63) is 59.4 Å². The molecule has 3 aromatic rings. The zero-order chi connectivity index (χ0) is 22.4. The molecule has 9 heteroatoms.